The summed E-state index contributed by atoms with van der Waals surface area (Å²) in [7, 11) is 0. The zero-order chi connectivity index (χ0) is 14.2. The molecule has 0 amide bonds. The van der Waals surface area contributed by atoms with E-state index in [9.17, 15) is 0 Å². The minimum Gasteiger partial charge on any atom is -0.379 e. The standard InChI is InChI=1S/C14H26N4OS/c1-12-3-2-4-13(11-12)16-17-14(20)15-5-6-18-7-9-19-10-8-18/h12H,2-11H2,1H3,(H2,15,17,20)/b16-13-/t12-/m0/s1. The van der Waals surface area contributed by atoms with Crippen LogP contribution < -0.4 is 10.7 Å². The van der Waals surface area contributed by atoms with Crippen molar-refractivity contribution in [2.75, 3.05) is 39.4 Å². The van der Waals surface area contributed by atoms with Crippen molar-refractivity contribution >= 4 is 23.0 Å². The summed E-state index contributed by atoms with van der Waals surface area (Å²) in [5.41, 5.74) is 4.23. The minimum absolute atomic E-state index is 0.629. The molecule has 5 nitrogen and oxygen atoms in total. The van der Waals surface area contributed by atoms with Gasteiger partial charge in [0.2, 0.25) is 0 Å². The summed E-state index contributed by atoms with van der Waals surface area (Å²) in [6, 6.07) is 0. The van der Waals surface area contributed by atoms with Crippen LogP contribution in [0.5, 0.6) is 0 Å². The maximum atomic E-state index is 5.32. The molecule has 2 N–H and O–H groups in total. The zero-order valence-electron chi connectivity index (χ0n) is 12.4. The molecule has 2 aliphatic rings. The third kappa shape index (κ3) is 5.73. The number of hydrogen-bond donors (Lipinski definition) is 2. The number of nitrogens with zero attached hydrogens (tertiary/aromatic N) is 2. The molecule has 1 aliphatic heterocycles. The highest BCUT2D eigenvalue weighted by molar-refractivity contribution is 7.80. The molecule has 0 aromatic rings. The summed E-state index contributed by atoms with van der Waals surface area (Å²) in [6.45, 7) is 7.85. The Kier molecular flexibility index (Phi) is 6.69. The van der Waals surface area contributed by atoms with Crippen LogP contribution >= 0.6 is 12.2 Å². The molecule has 20 heavy (non-hydrogen) atoms. The van der Waals surface area contributed by atoms with Crippen LogP contribution in [0.15, 0.2) is 5.10 Å². The Hall–Kier alpha value is -0.720. The predicted molar refractivity (Wildman–Crippen MR) is 86.1 cm³/mol. The normalized spacial score (nSPS) is 26.4. The molecule has 6 heteroatoms. The van der Waals surface area contributed by atoms with Crippen molar-refractivity contribution in [1.82, 2.24) is 15.6 Å². The van der Waals surface area contributed by atoms with Crippen LogP contribution in [-0.2, 0) is 4.74 Å². The third-order valence-corrected chi connectivity index (χ3v) is 4.11. The first-order chi connectivity index (χ1) is 9.74. The van der Waals surface area contributed by atoms with Crippen LogP contribution in [0.1, 0.15) is 32.6 Å². The number of morpholine rings is 1. The number of rotatable bonds is 4. The molecule has 114 valence electrons. The van der Waals surface area contributed by atoms with E-state index in [1.54, 1.807) is 0 Å². The number of thiocarbonyl (C=S) groups is 1. The number of hydrazone groups is 1. The summed E-state index contributed by atoms with van der Waals surface area (Å²) in [5, 5.41) is 8.27. The largest absolute Gasteiger partial charge is 0.379 e. The number of nitrogens with one attached hydrogen (secondary N) is 2. The lowest BCUT2D eigenvalue weighted by molar-refractivity contribution is 0.0389. The lowest BCUT2D eigenvalue weighted by Crippen LogP contribution is -2.43. The first-order valence-electron chi connectivity index (χ1n) is 7.63. The first kappa shape index (κ1) is 15.7. The fourth-order valence-corrected chi connectivity index (χ4v) is 2.83. The Labute approximate surface area is 127 Å². The van der Waals surface area contributed by atoms with Gasteiger partial charge < -0.3 is 10.1 Å². The summed E-state index contributed by atoms with van der Waals surface area (Å²) in [5.74, 6) is 0.757. The Morgan fingerprint density at radius 2 is 2.25 bits per heavy atom. The van der Waals surface area contributed by atoms with Gasteiger partial charge in [0.15, 0.2) is 5.11 Å². The van der Waals surface area contributed by atoms with Crippen LogP contribution in [0.25, 0.3) is 0 Å². The molecule has 0 bridgehead atoms. The molecule has 1 saturated heterocycles. The summed E-state index contributed by atoms with van der Waals surface area (Å²) >= 11 is 5.25. The number of hydrogen-bond acceptors (Lipinski definition) is 4. The molecule has 0 unspecified atom stereocenters. The van der Waals surface area contributed by atoms with Gasteiger partial charge in [-0.05, 0) is 43.8 Å². The fraction of sp³-hybridized carbons (Fsp3) is 0.857. The molecule has 0 aromatic carbocycles. The fourth-order valence-electron chi connectivity index (χ4n) is 2.68. The van der Waals surface area contributed by atoms with E-state index in [1.807, 2.05) is 0 Å². The molecule has 0 aromatic heterocycles. The average Bonchev–Trinajstić information content (AvgIpc) is 2.46. The summed E-state index contributed by atoms with van der Waals surface area (Å²) in [4.78, 5) is 2.38. The van der Waals surface area contributed by atoms with Gasteiger partial charge in [0.25, 0.3) is 0 Å². The van der Waals surface area contributed by atoms with Crippen molar-refractivity contribution in [1.29, 1.82) is 0 Å². The van der Waals surface area contributed by atoms with Gasteiger partial charge >= 0.3 is 0 Å². The van der Waals surface area contributed by atoms with E-state index in [2.05, 4.69) is 27.7 Å². The Morgan fingerprint density at radius 1 is 1.45 bits per heavy atom. The quantitative estimate of drug-likeness (QED) is 0.606. The molecule has 1 aliphatic carbocycles. The van der Waals surface area contributed by atoms with Gasteiger partial charge in [-0.25, -0.2) is 0 Å². The van der Waals surface area contributed by atoms with E-state index >= 15 is 0 Å². The number of ether oxygens (including phenoxy) is 1. The van der Waals surface area contributed by atoms with Gasteiger partial charge in [-0.1, -0.05) is 6.92 Å². The lowest BCUT2D eigenvalue weighted by Gasteiger charge is -2.26. The second kappa shape index (κ2) is 8.54. The van der Waals surface area contributed by atoms with E-state index < -0.39 is 0 Å². The van der Waals surface area contributed by atoms with Crippen molar-refractivity contribution in [2.45, 2.75) is 32.6 Å². The highest BCUT2D eigenvalue weighted by atomic mass is 32.1. The van der Waals surface area contributed by atoms with Crippen LogP contribution in [0.3, 0.4) is 0 Å². The zero-order valence-corrected chi connectivity index (χ0v) is 13.2. The van der Waals surface area contributed by atoms with Crippen molar-refractivity contribution in [3.05, 3.63) is 0 Å². The first-order valence-corrected chi connectivity index (χ1v) is 8.04. The maximum absolute atomic E-state index is 5.32. The SMILES string of the molecule is C[C@H]1CCC/C(=N/NC(=S)NCCN2CCOCC2)C1. The van der Waals surface area contributed by atoms with Crippen LogP contribution in [0.2, 0.25) is 0 Å². The van der Waals surface area contributed by atoms with Gasteiger partial charge in [0, 0.05) is 31.9 Å². The van der Waals surface area contributed by atoms with Gasteiger partial charge in [0.1, 0.15) is 0 Å². The predicted octanol–water partition coefficient (Wildman–Crippen LogP) is 1.35. The van der Waals surface area contributed by atoms with Crippen molar-refractivity contribution in [2.24, 2.45) is 11.0 Å². The molecule has 0 spiro atoms. The smallest absolute Gasteiger partial charge is 0.186 e. The molecule has 1 saturated carbocycles. The van der Waals surface area contributed by atoms with Gasteiger partial charge in [0.05, 0.1) is 13.2 Å². The van der Waals surface area contributed by atoms with Crippen molar-refractivity contribution in [3.8, 4) is 0 Å². The second-order valence-electron chi connectivity index (χ2n) is 5.70. The second-order valence-corrected chi connectivity index (χ2v) is 6.11. The van der Waals surface area contributed by atoms with Gasteiger partial charge in [-0.15, -0.1) is 0 Å². The molecular formula is C14H26N4OS. The Bertz CT molecular complexity index is 342. The van der Waals surface area contributed by atoms with Gasteiger partial charge in [-0.2, -0.15) is 5.10 Å². The highest BCUT2D eigenvalue weighted by Crippen LogP contribution is 2.20. The van der Waals surface area contributed by atoms with Gasteiger partial charge in [-0.3, -0.25) is 10.3 Å². The van der Waals surface area contributed by atoms with E-state index in [-0.39, 0.29) is 0 Å². The minimum atomic E-state index is 0.629. The highest BCUT2D eigenvalue weighted by Gasteiger charge is 2.14. The average molecular weight is 298 g/mol. The van der Waals surface area contributed by atoms with Crippen molar-refractivity contribution in [3.63, 3.8) is 0 Å². The molecule has 1 heterocycles. The van der Waals surface area contributed by atoms with E-state index in [0.29, 0.717) is 5.11 Å². The molecule has 2 fully saturated rings. The molecular weight excluding hydrogens is 272 g/mol. The van der Waals surface area contributed by atoms with Crippen LogP contribution in [0, 0.1) is 5.92 Å². The Morgan fingerprint density at radius 3 is 3.00 bits per heavy atom. The monoisotopic (exact) mass is 298 g/mol. The van der Waals surface area contributed by atoms with E-state index in [1.165, 1.54) is 18.6 Å². The summed E-state index contributed by atoms with van der Waals surface area (Å²) < 4.78 is 5.32. The maximum Gasteiger partial charge on any atom is 0.186 e. The molecule has 1 atom stereocenters. The summed E-state index contributed by atoms with van der Waals surface area (Å²) in [6.07, 6.45) is 4.78. The molecule has 2 rings (SSSR count). The van der Waals surface area contributed by atoms with Crippen LogP contribution in [-0.4, -0.2) is 55.1 Å². The van der Waals surface area contributed by atoms with Crippen LogP contribution in [0.4, 0.5) is 0 Å². The van der Waals surface area contributed by atoms with Crippen molar-refractivity contribution < 1.29 is 4.74 Å². The molecule has 0 radical (unpaired) electrons. The van der Waals surface area contributed by atoms with E-state index in [0.717, 1.165) is 58.2 Å². The Balaban J connectivity index is 1.59. The topological polar surface area (TPSA) is 48.9 Å². The lowest BCUT2D eigenvalue weighted by atomic mass is 9.89. The third-order valence-electron chi connectivity index (χ3n) is 3.88. The van der Waals surface area contributed by atoms with E-state index in [4.69, 9.17) is 17.0 Å².